The Bertz CT molecular complexity index is 1810. The Morgan fingerprint density at radius 1 is 1.05 bits per heavy atom. The highest BCUT2D eigenvalue weighted by molar-refractivity contribution is 7.12. The number of hydrogen-bond acceptors (Lipinski definition) is 9. The summed E-state index contributed by atoms with van der Waals surface area (Å²) in [5.41, 5.74) is 3.59. The molecule has 10 nitrogen and oxygen atoms in total. The smallest absolute Gasteiger partial charge is 0.284 e. The topological polar surface area (TPSA) is 105 Å². The predicted molar refractivity (Wildman–Crippen MR) is 145 cm³/mol. The average Bonchev–Trinajstić information content (AvgIpc) is 3.56. The maximum absolute atomic E-state index is 13.6. The molecule has 1 fully saturated rings. The van der Waals surface area contributed by atoms with Crippen LogP contribution in [0.5, 0.6) is 0 Å². The molecular formula is C26H23N9OS. The van der Waals surface area contributed by atoms with E-state index < -0.39 is 0 Å². The highest BCUT2D eigenvalue weighted by atomic mass is 32.1. The number of fused-ring (bicyclic) bond motifs is 4. The number of hydrogen-bond donors (Lipinski definition) is 2. The summed E-state index contributed by atoms with van der Waals surface area (Å²) < 4.78 is 3.36. The van der Waals surface area contributed by atoms with Gasteiger partial charge < -0.3 is 15.5 Å². The highest BCUT2D eigenvalue weighted by Gasteiger charge is 2.20. The molecule has 0 amide bonds. The van der Waals surface area contributed by atoms with Crippen LogP contribution in [0, 0.1) is 0 Å². The third-order valence-electron chi connectivity index (χ3n) is 6.73. The summed E-state index contributed by atoms with van der Waals surface area (Å²) in [6, 6.07) is 16.4. The fourth-order valence-electron chi connectivity index (χ4n) is 4.90. The Kier molecular flexibility index (Phi) is 5.20. The van der Waals surface area contributed by atoms with Gasteiger partial charge in [-0.2, -0.15) is 9.50 Å². The summed E-state index contributed by atoms with van der Waals surface area (Å²) in [5.74, 6) is 0.385. The zero-order valence-corrected chi connectivity index (χ0v) is 20.8. The van der Waals surface area contributed by atoms with Crippen LogP contribution in [-0.2, 0) is 0 Å². The minimum absolute atomic E-state index is 0.243. The molecule has 1 atom stereocenters. The second-order valence-electron chi connectivity index (χ2n) is 9.14. The molecule has 0 saturated carbocycles. The molecule has 184 valence electrons. The predicted octanol–water partition coefficient (Wildman–Crippen LogP) is 3.36. The van der Waals surface area contributed by atoms with Crippen molar-refractivity contribution in [2.75, 3.05) is 32.0 Å². The second kappa shape index (κ2) is 8.73. The van der Waals surface area contributed by atoms with E-state index in [-0.39, 0.29) is 5.56 Å². The fraction of sp³-hybridized carbons (Fsp3) is 0.192. The molecule has 0 bridgehead atoms. The number of aromatic nitrogens is 6. The van der Waals surface area contributed by atoms with Gasteiger partial charge in [-0.05, 0) is 36.9 Å². The quantitative estimate of drug-likeness (QED) is 0.373. The number of piperazine rings is 1. The van der Waals surface area contributed by atoms with Crippen molar-refractivity contribution in [1.29, 1.82) is 0 Å². The van der Waals surface area contributed by atoms with Gasteiger partial charge in [0.25, 0.3) is 5.56 Å². The maximum Gasteiger partial charge on any atom is 0.284 e. The van der Waals surface area contributed by atoms with Crippen LogP contribution in [0.3, 0.4) is 0 Å². The van der Waals surface area contributed by atoms with Crippen LogP contribution in [0.2, 0.25) is 0 Å². The van der Waals surface area contributed by atoms with Gasteiger partial charge >= 0.3 is 0 Å². The van der Waals surface area contributed by atoms with Crippen LogP contribution < -0.4 is 16.2 Å². The molecule has 1 aliphatic heterocycles. The first-order chi connectivity index (χ1) is 18.2. The van der Waals surface area contributed by atoms with E-state index in [0.29, 0.717) is 33.8 Å². The molecule has 11 heteroatoms. The molecule has 0 radical (unpaired) electrons. The molecule has 0 spiro atoms. The normalized spacial score (nSPS) is 16.6. The van der Waals surface area contributed by atoms with Crippen LogP contribution >= 0.6 is 11.3 Å². The molecule has 7 rings (SSSR count). The number of benzene rings is 2. The SMILES string of the molecule is CN1CCNC(c2ccc(Nc3ncc4c(=O)n5c(nc4n3)c3ccccc3n5-c3nccs3)cc2)C1. The Hall–Kier alpha value is -4.19. The summed E-state index contributed by atoms with van der Waals surface area (Å²) in [7, 11) is 2.14. The Morgan fingerprint density at radius 3 is 2.73 bits per heavy atom. The third-order valence-corrected chi connectivity index (χ3v) is 7.47. The van der Waals surface area contributed by atoms with Crippen LogP contribution in [0.1, 0.15) is 11.6 Å². The van der Waals surface area contributed by atoms with Gasteiger partial charge in [0.05, 0.1) is 5.52 Å². The van der Waals surface area contributed by atoms with Gasteiger partial charge in [0.15, 0.2) is 11.3 Å². The van der Waals surface area contributed by atoms with Gasteiger partial charge in [-0.15, -0.1) is 11.3 Å². The lowest BCUT2D eigenvalue weighted by Gasteiger charge is -2.31. The van der Waals surface area contributed by atoms with Gasteiger partial charge in [-0.25, -0.2) is 19.6 Å². The lowest BCUT2D eigenvalue weighted by atomic mass is 10.0. The van der Waals surface area contributed by atoms with E-state index in [9.17, 15) is 4.79 Å². The monoisotopic (exact) mass is 509 g/mol. The van der Waals surface area contributed by atoms with Crippen molar-refractivity contribution in [3.05, 3.63) is 82.2 Å². The Labute approximate surface area is 215 Å². The van der Waals surface area contributed by atoms with Gasteiger partial charge in [-0.1, -0.05) is 24.3 Å². The molecule has 2 N–H and O–H groups in total. The van der Waals surface area contributed by atoms with Crippen LogP contribution in [0.15, 0.2) is 71.1 Å². The number of likely N-dealkylation sites (N-methyl/N-ethyl adjacent to an activating group) is 1. The zero-order valence-electron chi connectivity index (χ0n) is 20.0. The van der Waals surface area contributed by atoms with Crippen LogP contribution in [0.25, 0.3) is 32.7 Å². The highest BCUT2D eigenvalue weighted by Crippen LogP contribution is 2.26. The standard InChI is InChI=1S/C26H23N9OS/c1-33-12-10-27-20(15-33)16-6-8-17(9-7-16)30-25-29-14-19-22(32-25)31-23-18-4-2-3-5-21(18)34(35(23)24(19)36)26-28-11-13-37-26/h2-9,11,13-14,20,27H,10,12,15H2,1H3,(H,29,30,32). The fourth-order valence-corrected chi connectivity index (χ4v) is 5.54. The summed E-state index contributed by atoms with van der Waals surface area (Å²) in [6.45, 7) is 3.02. The molecule has 5 heterocycles. The number of nitrogens with one attached hydrogen (secondary N) is 2. The number of para-hydroxylation sites is 1. The molecule has 2 aromatic carbocycles. The summed E-state index contributed by atoms with van der Waals surface area (Å²) >= 11 is 1.45. The summed E-state index contributed by atoms with van der Waals surface area (Å²) in [6.07, 6.45) is 3.25. The van der Waals surface area contributed by atoms with E-state index in [4.69, 9.17) is 4.98 Å². The first-order valence-corrected chi connectivity index (χ1v) is 12.9. The first kappa shape index (κ1) is 22.0. The van der Waals surface area contributed by atoms with E-state index in [1.165, 1.54) is 23.1 Å². The van der Waals surface area contributed by atoms with Gasteiger partial charge in [-0.3, -0.25) is 4.79 Å². The molecule has 1 aliphatic rings. The van der Waals surface area contributed by atoms with Crippen LogP contribution in [0.4, 0.5) is 11.6 Å². The zero-order chi connectivity index (χ0) is 24.9. The number of anilines is 2. The van der Waals surface area contributed by atoms with Crippen LogP contribution in [-0.4, -0.2) is 60.7 Å². The van der Waals surface area contributed by atoms with Crippen molar-refractivity contribution in [2.45, 2.75) is 6.04 Å². The minimum atomic E-state index is -0.243. The van der Waals surface area contributed by atoms with Crippen molar-refractivity contribution in [3.63, 3.8) is 0 Å². The van der Waals surface area contributed by atoms with E-state index >= 15 is 0 Å². The van der Waals surface area contributed by atoms with Crippen molar-refractivity contribution in [2.24, 2.45) is 0 Å². The lowest BCUT2D eigenvalue weighted by molar-refractivity contribution is 0.241. The van der Waals surface area contributed by atoms with E-state index in [1.54, 1.807) is 15.4 Å². The summed E-state index contributed by atoms with van der Waals surface area (Å²) in [5, 5.41) is 10.6. The number of thiazole rings is 1. The second-order valence-corrected chi connectivity index (χ2v) is 10.0. The molecule has 6 aromatic rings. The number of nitrogens with zero attached hydrogens (tertiary/aromatic N) is 7. The molecule has 1 saturated heterocycles. The van der Waals surface area contributed by atoms with Crippen molar-refractivity contribution in [1.82, 2.24) is 39.3 Å². The van der Waals surface area contributed by atoms with Crippen molar-refractivity contribution < 1.29 is 0 Å². The third kappa shape index (κ3) is 3.75. The lowest BCUT2D eigenvalue weighted by Crippen LogP contribution is -2.43. The van der Waals surface area contributed by atoms with Gasteiger partial charge in [0.2, 0.25) is 11.1 Å². The molecule has 37 heavy (non-hydrogen) atoms. The van der Waals surface area contributed by atoms with Crippen molar-refractivity contribution in [3.8, 4) is 5.13 Å². The molecule has 4 aromatic heterocycles. The molecule has 1 unspecified atom stereocenters. The van der Waals surface area contributed by atoms with E-state index in [1.807, 2.05) is 41.8 Å². The van der Waals surface area contributed by atoms with Gasteiger partial charge in [0.1, 0.15) is 5.39 Å². The largest absolute Gasteiger partial charge is 0.324 e. The maximum atomic E-state index is 13.6. The first-order valence-electron chi connectivity index (χ1n) is 12.0. The Morgan fingerprint density at radius 2 is 1.92 bits per heavy atom. The Balaban J connectivity index is 1.28. The van der Waals surface area contributed by atoms with Gasteiger partial charge in [0, 0.05) is 54.5 Å². The number of rotatable bonds is 4. The van der Waals surface area contributed by atoms with Crippen molar-refractivity contribution >= 4 is 50.6 Å². The average molecular weight is 510 g/mol. The minimum Gasteiger partial charge on any atom is -0.324 e. The summed E-state index contributed by atoms with van der Waals surface area (Å²) in [4.78, 5) is 34.2. The van der Waals surface area contributed by atoms with E-state index in [0.717, 1.165) is 36.2 Å². The van der Waals surface area contributed by atoms with E-state index in [2.05, 4.69) is 49.7 Å². The molecular weight excluding hydrogens is 486 g/mol. The molecule has 0 aliphatic carbocycles.